The van der Waals surface area contributed by atoms with Crippen LogP contribution in [0.15, 0.2) is 0 Å². The third-order valence-electron chi connectivity index (χ3n) is 3.45. The molecule has 0 fully saturated rings. The largest absolute Gasteiger partial charge is 0.381 e. The number of rotatable bonds is 7. The SMILES string of the molecule is CCCC(CC(C)C(C)OC)C(C)C. The zero-order chi connectivity index (χ0) is 11.1. The molecule has 0 bridgehead atoms. The van der Waals surface area contributed by atoms with Crippen LogP contribution in [0.4, 0.5) is 0 Å². The quantitative estimate of drug-likeness (QED) is 0.600. The van der Waals surface area contributed by atoms with Crippen LogP contribution in [0.2, 0.25) is 0 Å². The van der Waals surface area contributed by atoms with Crippen LogP contribution in [-0.2, 0) is 4.74 Å². The van der Waals surface area contributed by atoms with Gasteiger partial charge in [0.1, 0.15) is 0 Å². The molecule has 0 N–H and O–H groups in total. The Morgan fingerprint density at radius 1 is 1.07 bits per heavy atom. The molecule has 0 aromatic carbocycles. The van der Waals surface area contributed by atoms with E-state index in [1.54, 1.807) is 0 Å². The van der Waals surface area contributed by atoms with Crippen molar-refractivity contribution >= 4 is 0 Å². The fraction of sp³-hybridized carbons (Fsp3) is 1.00. The van der Waals surface area contributed by atoms with Crippen LogP contribution in [-0.4, -0.2) is 13.2 Å². The molecule has 1 heteroatoms. The Morgan fingerprint density at radius 2 is 1.64 bits per heavy atom. The van der Waals surface area contributed by atoms with Crippen molar-refractivity contribution in [2.45, 2.75) is 60.0 Å². The fourth-order valence-corrected chi connectivity index (χ4v) is 2.00. The van der Waals surface area contributed by atoms with Crippen molar-refractivity contribution in [2.75, 3.05) is 7.11 Å². The molecule has 0 spiro atoms. The van der Waals surface area contributed by atoms with E-state index in [2.05, 4.69) is 34.6 Å². The summed E-state index contributed by atoms with van der Waals surface area (Å²) < 4.78 is 5.37. The minimum Gasteiger partial charge on any atom is -0.381 e. The number of ether oxygens (including phenoxy) is 1. The van der Waals surface area contributed by atoms with Gasteiger partial charge in [-0.1, -0.05) is 40.5 Å². The predicted molar refractivity (Wildman–Crippen MR) is 63.5 cm³/mol. The van der Waals surface area contributed by atoms with Crippen molar-refractivity contribution in [2.24, 2.45) is 17.8 Å². The van der Waals surface area contributed by atoms with Gasteiger partial charge in [-0.2, -0.15) is 0 Å². The minimum atomic E-state index is 0.396. The van der Waals surface area contributed by atoms with Crippen LogP contribution in [0.25, 0.3) is 0 Å². The Kier molecular flexibility index (Phi) is 7.26. The first-order valence-electron chi connectivity index (χ1n) is 6.05. The lowest BCUT2D eigenvalue weighted by Crippen LogP contribution is -2.21. The zero-order valence-electron chi connectivity index (χ0n) is 10.8. The molecule has 1 nitrogen and oxygen atoms in total. The highest BCUT2D eigenvalue weighted by molar-refractivity contribution is 4.70. The summed E-state index contributed by atoms with van der Waals surface area (Å²) in [7, 11) is 1.81. The molecular weight excluding hydrogens is 172 g/mol. The van der Waals surface area contributed by atoms with Crippen molar-refractivity contribution in [3.8, 4) is 0 Å². The lowest BCUT2D eigenvalue weighted by molar-refractivity contribution is 0.0587. The van der Waals surface area contributed by atoms with Crippen molar-refractivity contribution in [3.05, 3.63) is 0 Å². The molecule has 0 aromatic heterocycles. The van der Waals surface area contributed by atoms with Crippen molar-refractivity contribution in [3.63, 3.8) is 0 Å². The van der Waals surface area contributed by atoms with Crippen LogP contribution in [0, 0.1) is 17.8 Å². The molecule has 86 valence electrons. The molecule has 14 heavy (non-hydrogen) atoms. The lowest BCUT2D eigenvalue weighted by Gasteiger charge is -2.26. The normalized spacial score (nSPS) is 18.2. The summed E-state index contributed by atoms with van der Waals surface area (Å²) in [5.41, 5.74) is 0. The summed E-state index contributed by atoms with van der Waals surface area (Å²) in [6.07, 6.45) is 4.36. The van der Waals surface area contributed by atoms with Crippen LogP contribution in [0.5, 0.6) is 0 Å². The average Bonchev–Trinajstić information content (AvgIpc) is 2.15. The number of hydrogen-bond donors (Lipinski definition) is 0. The summed E-state index contributed by atoms with van der Waals surface area (Å²) in [6.45, 7) is 11.4. The van der Waals surface area contributed by atoms with Gasteiger partial charge >= 0.3 is 0 Å². The van der Waals surface area contributed by atoms with Gasteiger partial charge in [0.2, 0.25) is 0 Å². The van der Waals surface area contributed by atoms with Gasteiger partial charge in [-0.3, -0.25) is 0 Å². The summed E-state index contributed by atoms with van der Waals surface area (Å²) in [5, 5.41) is 0. The topological polar surface area (TPSA) is 9.23 Å². The minimum absolute atomic E-state index is 0.396. The molecule has 0 saturated carbocycles. The molecule has 3 unspecified atom stereocenters. The Morgan fingerprint density at radius 3 is 2.00 bits per heavy atom. The van der Waals surface area contributed by atoms with Crippen LogP contribution in [0.3, 0.4) is 0 Å². The smallest absolute Gasteiger partial charge is 0.0568 e. The lowest BCUT2D eigenvalue weighted by atomic mass is 9.82. The first kappa shape index (κ1) is 14.0. The summed E-state index contributed by atoms with van der Waals surface area (Å²) in [6, 6.07) is 0. The van der Waals surface area contributed by atoms with Gasteiger partial charge < -0.3 is 4.74 Å². The fourth-order valence-electron chi connectivity index (χ4n) is 2.00. The van der Waals surface area contributed by atoms with E-state index in [-0.39, 0.29) is 0 Å². The highest BCUT2D eigenvalue weighted by Gasteiger charge is 2.19. The van der Waals surface area contributed by atoms with Crippen LogP contribution in [0.1, 0.15) is 53.9 Å². The molecular formula is C13H28O. The van der Waals surface area contributed by atoms with Gasteiger partial charge in [-0.05, 0) is 31.1 Å². The van der Waals surface area contributed by atoms with Crippen LogP contribution < -0.4 is 0 Å². The standard InChI is InChI=1S/C13H28O/c1-7-8-13(10(2)3)9-11(4)12(5)14-6/h10-13H,7-9H2,1-6H3. The number of methoxy groups -OCH3 is 1. The highest BCUT2D eigenvalue weighted by atomic mass is 16.5. The summed E-state index contributed by atoms with van der Waals surface area (Å²) >= 11 is 0. The highest BCUT2D eigenvalue weighted by Crippen LogP contribution is 2.26. The van der Waals surface area contributed by atoms with E-state index in [0.717, 1.165) is 11.8 Å². The maximum absolute atomic E-state index is 5.37. The first-order chi connectivity index (χ1) is 6.52. The Labute approximate surface area is 90.2 Å². The third kappa shape index (κ3) is 4.99. The second-order valence-corrected chi connectivity index (χ2v) is 4.95. The molecule has 0 radical (unpaired) electrons. The molecule has 0 aromatic rings. The van der Waals surface area contributed by atoms with Gasteiger partial charge in [0.15, 0.2) is 0 Å². The van der Waals surface area contributed by atoms with E-state index in [1.807, 2.05) is 7.11 Å². The summed E-state index contributed by atoms with van der Waals surface area (Å²) in [4.78, 5) is 0. The van der Waals surface area contributed by atoms with Crippen LogP contribution >= 0.6 is 0 Å². The molecule has 0 aliphatic heterocycles. The third-order valence-corrected chi connectivity index (χ3v) is 3.45. The first-order valence-corrected chi connectivity index (χ1v) is 6.05. The summed E-state index contributed by atoms with van der Waals surface area (Å²) in [5.74, 6) is 2.35. The monoisotopic (exact) mass is 200 g/mol. The maximum Gasteiger partial charge on any atom is 0.0568 e. The van der Waals surface area contributed by atoms with E-state index in [0.29, 0.717) is 12.0 Å². The van der Waals surface area contributed by atoms with Gasteiger partial charge in [-0.15, -0.1) is 0 Å². The molecule has 3 atom stereocenters. The molecule has 0 aliphatic rings. The maximum atomic E-state index is 5.37. The second-order valence-electron chi connectivity index (χ2n) is 4.95. The van der Waals surface area contributed by atoms with E-state index < -0.39 is 0 Å². The average molecular weight is 200 g/mol. The van der Waals surface area contributed by atoms with Crippen molar-refractivity contribution in [1.82, 2.24) is 0 Å². The Bertz CT molecular complexity index is 131. The van der Waals surface area contributed by atoms with E-state index >= 15 is 0 Å². The zero-order valence-corrected chi connectivity index (χ0v) is 10.8. The molecule has 0 aliphatic carbocycles. The molecule has 0 saturated heterocycles. The van der Waals surface area contributed by atoms with Gasteiger partial charge in [-0.25, -0.2) is 0 Å². The second kappa shape index (κ2) is 7.28. The Balaban J connectivity index is 4.01. The van der Waals surface area contributed by atoms with Crippen molar-refractivity contribution < 1.29 is 4.74 Å². The van der Waals surface area contributed by atoms with Gasteiger partial charge in [0.25, 0.3) is 0 Å². The van der Waals surface area contributed by atoms with E-state index in [9.17, 15) is 0 Å². The van der Waals surface area contributed by atoms with E-state index in [4.69, 9.17) is 4.74 Å². The number of hydrogen-bond acceptors (Lipinski definition) is 1. The molecule has 0 rings (SSSR count). The van der Waals surface area contributed by atoms with Gasteiger partial charge in [0.05, 0.1) is 6.10 Å². The molecule has 0 amide bonds. The van der Waals surface area contributed by atoms with Gasteiger partial charge in [0, 0.05) is 7.11 Å². The van der Waals surface area contributed by atoms with E-state index in [1.165, 1.54) is 19.3 Å². The predicted octanol–water partition coefficient (Wildman–Crippen LogP) is 4.12. The Hall–Kier alpha value is -0.0400. The van der Waals surface area contributed by atoms with Crippen molar-refractivity contribution in [1.29, 1.82) is 0 Å². The molecule has 0 heterocycles.